The minimum absolute atomic E-state index is 0.600. The lowest BCUT2D eigenvalue weighted by atomic mass is 9.96. The van der Waals surface area contributed by atoms with Crippen LogP contribution in [0.4, 0.5) is 0 Å². The zero-order valence-electron chi connectivity index (χ0n) is 15.6. The number of benzene rings is 1. The van der Waals surface area contributed by atoms with Crippen LogP contribution in [-0.4, -0.2) is 39.2 Å². The van der Waals surface area contributed by atoms with E-state index < -0.39 is 5.60 Å². The predicted molar refractivity (Wildman–Crippen MR) is 101 cm³/mol. The van der Waals surface area contributed by atoms with E-state index in [2.05, 4.69) is 48.1 Å². The van der Waals surface area contributed by atoms with E-state index in [-0.39, 0.29) is 0 Å². The molecule has 3 heteroatoms. The van der Waals surface area contributed by atoms with Crippen LogP contribution >= 0.6 is 0 Å². The summed E-state index contributed by atoms with van der Waals surface area (Å²) >= 11 is 0. The van der Waals surface area contributed by atoms with Crippen molar-refractivity contribution in [2.24, 2.45) is 0 Å². The molecule has 2 N–H and O–H groups in total. The number of aryl methyl sites for hydroxylation is 1. The zero-order chi connectivity index (χ0) is 17.3. The molecule has 1 aromatic heterocycles. The van der Waals surface area contributed by atoms with Crippen LogP contribution < -0.4 is 0 Å². The summed E-state index contributed by atoms with van der Waals surface area (Å²) in [5, 5.41) is 11.3. The van der Waals surface area contributed by atoms with E-state index in [4.69, 9.17) is 0 Å². The smallest absolute Gasteiger partial charge is 0.0594 e. The summed E-state index contributed by atoms with van der Waals surface area (Å²) in [7, 11) is 0. The highest BCUT2D eigenvalue weighted by Crippen LogP contribution is 2.28. The van der Waals surface area contributed by atoms with Gasteiger partial charge in [0.2, 0.25) is 0 Å². The Morgan fingerprint density at radius 1 is 1.33 bits per heavy atom. The molecule has 0 unspecified atom stereocenters. The van der Waals surface area contributed by atoms with Gasteiger partial charge in [-0.3, -0.25) is 4.90 Å². The van der Waals surface area contributed by atoms with Crippen molar-refractivity contribution in [1.82, 2.24) is 9.88 Å². The molecule has 24 heavy (non-hydrogen) atoms. The molecule has 3 nitrogen and oxygen atoms in total. The van der Waals surface area contributed by atoms with Crippen LogP contribution in [0, 0.1) is 0 Å². The number of nitrogens with zero attached hydrogens (tertiary/aromatic N) is 1. The molecular formula is C21H32N2O. The third-order valence-corrected chi connectivity index (χ3v) is 5.40. The topological polar surface area (TPSA) is 39.3 Å². The number of aromatic amines is 1. The van der Waals surface area contributed by atoms with E-state index in [0.717, 1.165) is 19.3 Å². The number of hydrogen-bond acceptors (Lipinski definition) is 2. The number of hydrogen-bond donors (Lipinski definition) is 2. The first-order valence-corrected chi connectivity index (χ1v) is 9.40. The zero-order valence-corrected chi connectivity index (χ0v) is 15.6. The number of aromatic nitrogens is 1. The number of rotatable bonds is 6. The van der Waals surface area contributed by atoms with Gasteiger partial charge in [-0.15, -0.1) is 0 Å². The van der Waals surface area contributed by atoms with Gasteiger partial charge >= 0.3 is 0 Å². The lowest BCUT2D eigenvalue weighted by Crippen LogP contribution is -2.36. The maximum Gasteiger partial charge on any atom is 0.0594 e. The maximum absolute atomic E-state index is 9.97. The van der Waals surface area contributed by atoms with Gasteiger partial charge in [-0.05, 0) is 89.6 Å². The van der Waals surface area contributed by atoms with Crippen LogP contribution in [-0.2, 0) is 12.8 Å². The van der Waals surface area contributed by atoms with Gasteiger partial charge in [0.05, 0.1) is 5.60 Å². The largest absolute Gasteiger partial charge is 0.390 e. The Morgan fingerprint density at radius 3 is 2.83 bits per heavy atom. The summed E-state index contributed by atoms with van der Waals surface area (Å²) < 4.78 is 0. The Balaban J connectivity index is 1.78. The number of fused-ring (bicyclic) bond motifs is 1. The van der Waals surface area contributed by atoms with E-state index in [1.54, 1.807) is 0 Å². The summed E-state index contributed by atoms with van der Waals surface area (Å²) in [5.41, 5.74) is 3.38. The fourth-order valence-corrected chi connectivity index (χ4v) is 4.01. The van der Waals surface area contributed by atoms with Gasteiger partial charge in [0.15, 0.2) is 0 Å². The summed E-state index contributed by atoms with van der Waals surface area (Å²) in [4.78, 5) is 6.09. The lowest BCUT2D eigenvalue weighted by Gasteiger charge is -2.28. The van der Waals surface area contributed by atoms with E-state index in [1.807, 2.05) is 13.8 Å². The first kappa shape index (κ1) is 17.5. The molecule has 2 heterocycles. The normalized spacial score (nSPS) is 19.7. The summed E-state index contributed by atoms with van der Waals surface area (Å²) in [6.45, 7) is 9.62. The van der Waals surface area contributed by atoms with Crippen LogP contribution in [0.15, 0.2) is 24.4 Å². The van der Waals surface area contributed by atoms with Crippen molar-refractivity contribution >= 4 is 10.9 Å². The second-order valence-corrected chi connectivity index (χ2v) is 8.34. The lowest BCUT2D eigenvalue weighted by molar-refractivity contribution is 0.0714. The molecule has 1 atom stereocenters. The van der Waals surface area contributed by atoms with E-state index in [9.17, 15) is 5.11 Å². The molecule has 1 aliphatic rings. The number of likely N-dealkylation sites (tertiary alicyclic amines) is 1. The highest BCUT2D eigenvalue weighted by atomic mass is 16.3. The van der Waals surface area contributed by atoms with Gasteiger partial charge in [-0.25, -0.2) is 0 Å². The van der Waals surface area contributed by atoms with Crippen molar-refractivity contribution in [3.8, 4) is 0 Å². The number of aliphatic hydroxyl groups is 1. The first-order chi connectivity index (χ1) is 11.3. The second-order valence-electron chi connectivity index (χ2n) is 8.34. The highest BCUT2D eigenvalue weighted by Gasteiger charge is 2.27. The summed E-state index contributed by atoms with van der Waals surface area (Å²) in [5.74, 6) is 0. The van der Waals surface area contributed by atoms with Gasteiger partial charge in [0.1, 0.15) is 0 Å². The standard InChI is InChI=1S/C21H32N2O/c1-15(2)23-11-5-6-18(23)13-17-14-22-20-8-7-16(12-19(17)20)9-10-21(3,4)24/h7-8,12,14-15,18,22,24H,5-6,9-11,13H2,1-4H3/t18-/m1/s1. The Kier molecular flexibility index (Phi) is 5.03. The Morgan fingerprint density at radius 2 is 2.12 bits per heavy atom. The maximum atomic E-state index is 9.97. The average Bonchev–Trinajstić information content (AvgIpc) is 3.12. The van der Waals surface area contributed by atoms with Crippen molar-refractivity contribution in [1.29, 1.82) is 0 Å². The molecule has 0 spiro atoms. The van der Waals surface area contributed by atoms with Gasteiger partial charge in [0, 0.05) is 29.2 Å². The SMILES string of the molecule is CC(C)N1CCC[C@@H]1Cc1c[nH]c2ccc(CCC(C)(C)O)cc12. The van der Waals surface area contributed by atoms with Crippen LogP contribution in [0.25, 0.3) is 10.9 Å². The van der Waals surface area contributed by atoms with Crippen molar-refractivity contribution in [3.05, 3.63) is 35.5 Å². The van der Waals surface area contributed by atoms with E-state index in [1.165, 1.54) is 41.4 Å². The summed E-state index contributed by atoms with van der Waals surface area (Å²) in [6, 6.07) is 7.99. The minimum Gasteiger partial charge on any atom is -0.390 e. The fraction of sp³-hybridized carbons (Fsp3) is 0.619. The molecule has 2 aromatic rings. The molecule has 1 fully saturated rings. The Bertz CT molecular complexity index is 681. The van der Waals surface area contributed by atoms with Crippen molar-refractivity contribution in [2.75, 3.05) is 6.54 Å². The van der Waals surface area contributed by atoms with Crippen LogP contribution in [0.2, 0.25) is 0 Å². The van der Waals surface area contributed by atoms with E-state index in [0.29, 0.717) is 12.1 Å². The van der Waals surface area contributed by atoms with E-state index >= 15 is 0 Å². The van der Waals surface area contributed by atoms with Crippen LogP contribution in [0.5, 0.6) is 0 Å². The molecule has 132 valence electrons. The Labute approximate surface area is 146 Å². The van der Waals surface area contributed by atoms with Gasteiger partial charge in [0.25, 0.3) is 0 Å². The fourth-order valence-electron chi connectivity index (χ4n) is 4.01. The third-order valence-electron chi connectivity index (χ3n) is 5.40. The third kappa shape index (κ3) is 4.01. The number of nitrogens with one attached hydrogen (secondary N) is 1. The summed E-state index contributed by atoms with van der Waals surface area (Å²) in [6.07, 6.45) is 7.67. The molecule has 0 radical (unpaired) electrons. The molecular weight excluding hydrogens is 296 g/mol. The van der Waals surface area contributed by atoms with Gasteiger partial charge in [-0.1, -0.05) is 6.07 Å². The number of H-pyrrole nitrogens is 1. The molecule has 0 aliphatic carbocycles. The first-order valence-electron chi connectivity index (χ1n) is 9.40. The predicted octanol–water partition coefficient (Wildman–Crippen LogP) is 4.29. The quantitative estimate of drug-likeness (QED) is 0.830. The molecule has 1 aliphatic heterocycles. The minimum atomic E-state index is -0.600. The average molecular weight is 329 g/mol. The van der Waals surface area contributed by atoms with Crippen LogP contribution in [0.3, 0.4) is 0 Å². The monoisotopic (exact) mass is 328 g/mol. The molecule has 3 rings (SSSR count). The van der Waals surface area contributed by atoms with Crippen LogP contribution in [0.1, 0.15) is 58.1 Å². The second kappa shape index (κ2) is 6.89. The molecule has 1 aromatic carbocycles. The Hall–Kier alpha value is -1.32. The molecule has 0 saturated carbocycles. The molecule has 0 amide bonds. The van der Waals surface area contributed by atoms with Crippen molar-refractivity contribution < 1.29 is 5.11 Å². The molecule has 0 bridgehead atoms. The van der Waals surface area contributed by atoms with Gasteiger partial charge < -0.3 is 10.1 Å². The molecule has 1 saturated heterocycles. The van der Waals surface area contributed by atoms with Gasteiger partial charge in [-0.2, -0.15) is 0 Å². The van der Waals surface area contributed by atoms with Crippen molar-refractivity contribution in [3.63, 3.8) is 0 Å². The highest BCUT2D eigenvalue weighted by molar-refractivity contribution is 5.84. The van der Waals surface area contributed by atoms with Crippen molar-refractivity contribution in [2.45, 2.75) is 77.5 Å².